The summed E-state index contributed by atoms with van der Waals surface area (Å²) in [5.41, 5.74) is 0.450. The molecule has 0 saturated heterocycles. The lowest BCUT2D eigenvalue weighted by atomic mass is 9.99. The summed E-state index contributed by atoms with van der Waals surface area (Å²) < 4.78 is 8.21. The summed E-state index contributed by atoms with van der Waals surface area (Å²) in [6.07, 6.45) is -2.68. The van der Waals surface area contributed by atoms with Crippen molar-refractivity contribution in [2.45, 2.75) is 12.8 Å². The second kappa shape index (κ2) is 8.19. The van der Waals surface area contributed by atoms with Crippen LogP contribution in [0, 0.1) is 5.92 Å². The largest absolute Gasteiger partial charge is 0.513 e. The highest BCUT2D eigenvalue weighted by Gasteiger charge is 2.27. The molecule has 10 heteroatoms. The number of aromatic nitrogens is 1. The Morgan fingerprint density at radius 3 is 2.36 bits per heavy atom. The molecule has 0 saturated carbocycles. The van der Waals surface area contributed by atoms with Crippen molar-refractivity contribution < 1.29 is 39.3 Å². The molecule has 0 aliphatic carbocycles. The molecule has 118 valence electrons. The molecule has 0 aliphatic rings. The molecule has 0 amide bonds. The minimum Gasteiger partial charge on any atom is -0.449 e. The van der Waals surface area contributed by atoms with Crippen LogP contribution in [-0.2, 0) is 20.7 Å². The third kappa shape index (κ3) is 5.86. The van der Waals surface area contributed by atoms with Crippen LogP contribution in [0.25, 0.3) is 0 Å². The third-order valence-electron chi connectivity index (χ3n) is 2.44. The van der Waals surface area contributed by atoms with Crippen LogP contribution in [0.2, 0.25) is 0 Å². The molecule has 0 spiro atoms. The van der Waals surface area contributed by atoms with E-state index in [0.717, 1.165) is 0 Å². The normalized spacial score (nSPS) is 12.3. The van der Waals surface area contributed by atoms with Gasteiger partial charge in [0.1, 0.15) is 0 Å². The summed E-state index contributed by atoms with van der Waals surface area (Å²) in [6, 6.07) is 4.89. The zero-order chi connectivity index (χ0) is 16.5. The highest BCUT2D eigenvalue weighted by Crippen LogP contribution is 2.15. The van der Waals surface area contributed by atoms with Crippen LogP contribution in [0.4, 0.5) is 9.59 Å². The van der Waals surface area contributed by atoms with Crippen LogP contribution < -0.4 is 0 Å². The van der Waals surface area contributed by atoms with E-state index in [-0.39, 0.29) is 6.42 Å². The molecule has 1 unspecified atom stereocenters. The van der Waals surface area contributed by atoms with E-state index in [2.05, 4.69) is 19.6 Å². The zero-order valence-electron chi connectivity index (χ0n) is 11.1. The molecule has 3 N–H and O–H groups in total. The van der Waals surface area contributed by atoms with Crippen LogP contribution in [0.3, 0.4) is 0 Å². The van der Waals surface area contributed by atoms with Gasteiger partial charge in [-0.3, -0.25) is 9.78 Å². The maximum atomic E-state index is 11.4. The molecule has 1 aromatic rings. The summed E-state index contributed by atoms with van der Waals surface area (Å²) in [5.74, 6) is -2.88. The predicted octanol–water partition coefficient (Wildman–Crippen LogP) is 1.33. The Hall–Kier alpha value is -3.17. The first-order valence-corrected chi connectivity index (χ1v) is 5.88. The van der Waals surface area contributed by atoms with Gasteiger partial charge in [0.25, 0.3) is 0 Å². The molecule has 1 aromatic heterocycles. The number of carboxylic acid groups (broad SMARTS) is 2. The molecule has 22 heavy (non-hydrogen) atoms. The van der Waals surface area contributed by atoms with Crippen molar-refractivity contribution in [1.29, 1.82) is 0 Å². The fraction of sp³-hybridized carbons (Fsp3) is 0.250. The quantitative estimate of drug-likeness (QED) is 0.182. The molecule has 0 bridgehead atoms. The Kier molecular flexibility index (Phi) is 6.29. The fourth-order valence-corrected chi connectivity index (χ4v) is 1.63. The highest BCUT2D eigenvalue weighted by molar-refractivity contribution is 5.90. The number of nitrogens with zero attached hydrogens (tertiary/aromatic N) is 2. The fourth-order valence-electron chi connectivity index (χ4n) is 1.63. The average Bonchev–Trinajstić information content (AvgIpc) is 2.44. The summed E-state index contributed by atoms with van der Waals surface area (Å²) in [6.45, 7) is 0. The Bertz CT molecular complexity index is 572. The molecule has 0 aliphatic heterocycles. The number of ether oxygens (including phenoxy) is 2. The SMILES string of the molecule is O=C(O)OC(=O)CC(Cc1ccccn1)/C(=N/O)OC(=O)O. The van der Waals surface area contributed by atoms with Gasteiger partial charge in [-0.05, 0) is 12.1 Å². The van der Waals surface area contributed by atoms with Crippen LogP contribution >= 0.6 is 0 Å². The summed E-state index contributed by atoms with van der Waals surface area (Å²) in [4.78, 5) is 36.2. The van der Waals surface area contributed by atoms with Gasteiger partial charge >= 0.3 is 18.3 Å². The van der Waals surface area contributed by atoms with Gasteiger partial charge in [-0.1, -0.05) is 11.2 Å². The summed E-state index contributed by atoms with van der Waals surface area (Å²) >= 11 is 0. The second-order valence-corrected chi connectivity index (χ2v) is 3.97. The molecule has 1 heterocycles. The monoisotopic (exact) mass is 312 g/mol. The van der Waals surface area contributed by atoms with E-state index in [1.807, 2.05) is 0 Å². The number of rotatable bonds is 5. The number of esters is 1. The van der Waals surface area contributed by atoms with E-state index in [1.54, 1.807) is 18.2 Å². The van der Waals surface area contributed by atoms with Crippen molar-refractivity contribution in [3.8, 4) is 0 Å². The Morgan fingerprint density at radius 1 is 1.18 bits per heavy atom. The lowest BCUT2D eigenvalue weighted by Crippen LogP contribution is -2.27. The van der Waals surface area contributed by atoms with Gasteiger partial charge in [0.05, 0.1) is 12.3 Å². The topological polar surface area (TPSA) is 156 Å². The van der Waals surface area contributed by atoms with E-state index in [9.17, 15) is 14.4 Å². The van der Waals surface area contributed by atoms with Crippen molar-refractivity contribution in [2.24, 2.45) is 11.1 Å². The van der Waals surface area contributed by atoms with Crippen molar-refractivity contribution in [1.82, 2.24) is 4.98 Å². The van der Waals surface area contributed by atoms with Crippen molar-refractivity contribution in [3.05, 3.63) is 30.1 Å². The van der Waals surface area contributed by atoms with Crippen molar-refractivity contribution in [3.63, 3.8) is 0 Å². The first-order chi connectivity index (χ1) is 10.4. The average molecular weight is 312 g/mol. The Morgan fingerprint density at radius 2 is 1.86 bits per heavy atom. The maximum absolute atomic E-state index is 11.4. The number of hydrogen-bond acceptors (Lipinski definition) is 8. The number of carbonyl (C=O) groups is 3. The van der Waals surface area contributed by atoms with Crippen molar-refractivity contribution in [2.75, 3.05) is 0 Å². The van der Waals surface area contributed by atoms with E-state index in [0.29, 0.717) is 5.69 Å². The highest BCUT2D eigenvalue weighted by atomic mass is 16.7. The van der Waals surface area contributed by atoms with E-state index < -0.39 is 36.5 Å². The Balaban J connectivity index is 2.90. The van der Waals surface area contributed by atoms with Gasteiger partial charge in [0.15, 0.2) is 0 Å². The first-order valence-electron chi connectivity index (χ1n) is 5.88. The van der Waals surface area contributed by atoms with Crippen LogP contribution in [0.1, 0.15) is 12.1 Å². The summed E-state index contributed by atoms with van der Waals surface area (Å²) in [5, 5.41) is 28.5. The third-order valence-corrected chi connectivity index (χ3v) is 2.44. The lowest BCUT2D eigenvalue weighted by molar-refractivity contribution is -0.139. The minimum absolute atomic E-state index is 0.0256. The van der Waals surface area contributed by atoms with Crippen LogP contribution in [0.15, 0.2) is 29.6 Å². The van der Waals surface area contributed by atoms with E-state index in [4.69, 9.17) is 15.4 Å². The van der Waals surface area contributed by atoms with Crippen LogP contribution in [0.5, 0.6) is 0 Å². The van der Waals surface area contributed by atoms with Gasteiger partial charge in [0, 0.05) is 18.3 Å². The molecular weight excluding hydrogens is 300 g/mol. The van der Waals surface area contributed by atoms with Crippen molar-refractivity contribution >= 4 is 24.2 Å². The standard InChI is InChI=1S/C12H12N2O8/c15-9(21-11(16)17)6-7(10(14-20)22-12(18)19)5-8-3-1-2-4-13-8/h1-4,7,20H,5-6H2,(H,16,17)(H,18,19)/b14-10-. The predicted molar refractivity (Wildman–Crippen MR) is 68.5 cm³/mol. The maximum Gasteiger partial charge on any atom is 0.513 e. The number of oxime groups is 1. The molecule has 0 fully saturated rings. The van der Waals surface area contributed by atoms with E-state index in [1.165, 1.54) is 6.20 Å². The molecule has 0 radical (unpaired) electrons. The van der Waals surface area contributed by atoms with Gasteiger partial charge in [0.2, 0.25) is 5.90 Å². The molecule has 1 rings (SSSR count). The molecule has 10 nitrogen and oxygen atoms in total. The molecule has 1 atom stereocenters. The number of hydrogen-bond donors (Lipinski definition) is 3. The number of pyridine rings is 1. The van der Waals surface area contributed by atoms with Gasteiger partial charge in [-0.15, -0.1) is 0 Å². The lowest BCUT2D eigenvalue weighted by Gasteiger charge is -2.14. The van der Waals surface area contributed by atoms with Gasteiger partial charge in [-0.25, -0.2) is 9.59 Å². The van der Waals surface area contributed by atoms with Crippen LogP contribution in [-0.4, -0.2) is 44.6 Å². The Labute approximate surface area is 123 Å². The molecular formula is C12H12N2O8. The van der Waals surface area contributed by atoms with Gasteiger partial charge < -0.3 is 24.9 Å². The molecule has 0 aromatic carbocycles. The zero-order valence-corrected chi connectivity index (χ0v) is 11.1. The minimum atomic E-state index is -1.80. The number of carbonyl (C=O) groups excluding carboxylic acids is 1. The second-order valence-electron chi connectivity index (χ2n) is 3.97. The summed E-state index contributed by atoms with van der Waals surface area (Å²) in [7, 11) is 0. The van der Waals surface area contributed by atoms with Gasteiger partial charge in [-0.2, -0.15) is 0 Å². The smallest absolute Gasteiger partial charge is 0.449 e. The van der Waals surface area contributed by atoms with E-state index >= 15 is 0 Å². The first kappa shape index (κ1) is 16.9.